The fraction of sp³-hybridized carbons (Fsp3) is 0.250. The van der Waals surface area contributed by atoms with Gasteiger partial charge in [-0.25, -0.2) is 9.97 Å². The molecule has 0 aliphatic carbocycles. The third-order valence-corrected chi connectivity index (χ3v) is 3.95. The van der Waals surface area contributed by atoms with E-state index in [2.05, 4.69) is 16.0 Å². The monoisotopic (exact) mass is 327 g/mol. The third-order valence-electron chi connectivity index (χ3n) is 3.75. The van der Waals surface area contributed by atoms with Gasteiger partial charge in [0.15, 0.2) is 0 Å². The normalized spacial score (nSPS) is 14.4. The van der Waals surface area contributed by atoms with E-state index in [4.69, 9.17) is 16.9 Å². The number of carbonyl (C=O) groups excluding carboxylic acids is 1. The van der Waals surface area contributed by atoms with Gasteiger partial charge in [0.1, 0.15) is 17.0 Å². The predicted octanol–water partition coefficient (Wildman–Crippen LogP) is 1.96. The van der Waals surface area contributed by atoms with E-state index >= 15 is 0 Å². The standard InChI is InChI=1S/C16H14ClN5O/c17-14-10-12(3-5-19-14)16(23)22-8-6-21(7-9-22)15-13(11-18)2-1-4-20-15/h1-5,10H,6-9H2. The molecule has 1 saturated heterocycles. The number of hydrogen-bond donors (Lipinski definition) is 0. The Bertz CT molecular complexity index is 765. The summed E-state index contributed by atoms with van der Waals surface area (Å²) < 4.78 is 0. The summed E-state index contributed by atoms with van der Waals surface area (Å²) in [4.78, 5) is 24.4. The number of halogens is 1. The van der Waals surface area contributed by atoms with Crippen molar-refractivity contribution in [3.63, 3.8) is 0 Å². The first-order valence-corrected chi connectivity index (χ1v) is 7.58. The van der Waals surface area contributed by atoms with E-state index in [9.17, 15) is 4.79 Å². The Hall–Kier alpha value is -2.65. The highest BCUT2D eigenvalue weighted by molar-refractivity contribution is 6.29. The van der Waals surface area contributed by atoms with Crippen molar-refractivity contribution in [1.29, 1.82) is 5.26 Å². The number of nitriles is 1. The zero-order valence-corrected chi connectivity index (χ0v) is 13.1. The van der Waals surface area contributed by atoms with Crippen molar-refractivity contribution in [2.45, 2.75) is 0 Å². The Balaban J connectivity index is 1.69. The SMILES string of the molecule is N#Cc1cccnc1N1CCN(C(=O)c2ccnc(Cl)c2)CC1. The summed E-state index contributed by atoms with van der Waals surface area (Å²) in [5, 5.41) is 9.47. The van der Waals surface area contributed by atoms with Gasteiger partial charge in [0.25, 0.3) is 5.91 Å². The summed E-state index contributed by atoms with van der Waals surface area (Å²) in [7, 11) is 0. The van der Waals surface area contributed by atoms with Gasteiger partial charge in [-0.1, -0.05) is 11.6 Å². The molecule has 3 rings (SSSR count). The van der Waals surface area contributed by atoms with Gasteiger partial charge in [-0.2, -0.15) is 5.26 Å². The molecule has 0 bridgehead atoms. The van der Waals surface area contributed by atoms with Crippen LogP contribution in [-0.4, -0.2) is 47.0 Å². The van der Waals surface area contributed by atoms with Crippen LogP contribution in [-0.2, 0) is 0 Å². The molecule has 1 aliphatic rings. The van der Waals surface area contributed by atoms with E-state index in [0.717, 1.165) is 0 Å². The molecule has 0 unspecified atom stereocenters. The molecule has 6 nitrogen and oxygen atoms in total. The molecule has 0 atom stereocenters. The zero-order valence-electron chi connectivity index (χ0n) is 12.3. The highest BCUT2D eigenvalue weighted by atomic mass is 35.5. The van der Waals surface area contributed by atoms with E-state index in [1.165, 1.54) is 6.20 Å². The van der Waals surface area contributed by atoms with Crippen molar-refractivity contribution in [3.05, 3.63) is 52.9 Å². The molecule has 1 fully saturated rings. The van der Waals surface area contributed by atoms with Crippen molar-refractivity contribution in [1.82, 2.24) is 14.9 Å². The number of carbonyl (C=O) groups is 1. The van der Waals surface area contributed by atoms with Crippen LogP contribution in [0.1, 0.15) is 15.9 Å². The first-order chi connectivity index (χ1) is 11.2. The minimum atomic E-state index is -0.0597. The van der Waals surface area contributed by atoms with Crippen LogP contribution in [0.15, 0.2) is 36.7 Å². The fourth-order valence-corrected chi connectivity index (χ4v) is 2.75. The molecule has 23 heavy (non-hydrogen) atoms. The minimum Gasteiger partial charge on any atom is -0.352 e. The average Bonchev–Trinajstić information content (AvgIpc) is 2.61. The Morgan fingerprint density at radius 2 is 1.96 bits per heavy atom. The molecule has 2 aromatic rings. The molecule has 1 aliphatic heterocycles. The molecule has 0 radical (unpaired) electrons. The van der Waals surface area contributed by atoms with Gasteiger partial charge in [0.2, 0.25) is 0 Å². The van der Waals surface area contributed by atoms with Crippen molar-refractivity contribution in [3.8, 4) is 6.07 Å². The summed E-state index contributed by atoms with van der Waals surface area (Å²) in [5.74, 6) is 0.615. The Kier molecular flexibility index (Phi) is 4.40. The van der Waals surface area contributed by atoms with Crippen LogP contribution in [0.2, 0.25) is 5.15 Å². The lowest BCUT2D eigenvalue weighted by molar-refractivity contribution is 0.0746. The van der Waals surface area contributed by atoms with Crippen LogP contribution in [0, 0.1) is 11.3 Å². The smallest absolute Gasteiger partial charge is 0.254 e. The van der Waals surface area contributed by atoms with E-state index in [0.29, 0.717) is 48.3 Å². The topological polar surface area (TPSA) is 73.1 Å². The van der Waals surface area contributed by atoms with Crippen LogP contribution >= 0.6 is 11.6 Å². The summed E-state index contributed by atoms with van der Waals surface area (Å²) in [6, 6.07) is 8.88. The second-order valence-electron chi connectivity index (χ2n) is 5.13. The first-order valence-electron chi connectivity index (χ1n) is 7.20. The fourth-order valence-electron chi connectivity index (χ4n) is 2.58. The molecular formula is C16H14ClN5O. The average molecular weight is 328 g/mol. The lowest BCUT2D eigenvalue weighted by Gasteiger charge is -2.35. The van der Waals surface area contributed by atoms with Gasteiger partial charge in [0.05, 0.1) is 5.56 Å². The van der Waals surface area contributed by atoms with Gasteiger partial charge in [-0.3, -0.25) is 4.79 Å². The van der Waals surface area contributed by atoms with Gasteiger partial charge >= 0.3 is 0 Å². The largest absolute Gasteiger partial charge is 0.352 e. The molecule has 1 amide bonds. The number of piperazine rings is 1. The second-order valence-corrected chi connectivity index (χ2v) is 5.52. The number of amides is 1. The Labute approximate surface area is 138 Å². The summed E-state index contributed by atoms with van der Waals surface area (Å²) in [6.07, 6.45) is 3.20. The maximum absolute atomic E-state index is 12.5. The molecule has 2 aromatic heterocycles. The summed E-state index contributed by atoms with van der Waals surface area (Å²) >= 11 is 5.84. The van der Waals surface area contributed by atoms with E-state index in [1.54, 1.807) is 35.4 Å². The van der Waals surface area contributed by atoms with Crippen LogP contribution in [0.25, 0.3) is 0 Å². The quantitative estimate of drug-likeness (QED) is 0.788. The predicted molar refractivity (Wildman–Crippen MR) is 86.3 cm³/mol. The highest BCUT2D eigenvalue weighted by Gasteiger charge is 2.24. The second kappa shape index (κ2) is 6.63. The molecular weight excluding hydrogens is 314 g/mol. The molecule has 0 N–H and O–H groups in total. The Morgan fingerprint density at radius 3 is 2.65 bits per heavy atom. The van der Waals surface area contributed by atoms with E-state index < -0.39 is 0 Å². The zero-order chi connectivity index (χ0) is 16.2. The minimum absolute atomic E-state index is 0.0597. The van der Waals surface area contributed by atoms with E-state index in [-0.39, 0.29) is 5.91 Å². The van der Waals surface area contributed by atoms with Gasteiger partial charge in [-0.05, 0) is 24.3 Å². The van der Waals surface area contributed by atoms with E-state index in [1.807, 2.05) is 4.90 Å². The molecule has 3 heterocycles. The number of hydrogen-bond acceptors (Lipinski definition) is 5. The maximum Gasteiger partial charge on any atom is 0.254 e. The van der Waals surface area contributed by atoms with Gasteiger partial charge in [0, 0.05) is 44.1 Å². The molecule has 116 valence electrons. The van der Waals surface area contributed by atoms with Crippen LogP contribution in [0.3, 0.4) is 0 Å². The van der Waals surface area contributed by atoms with Gasteiger partial charge < -0.3 is 9.80 Å². The number of pyridine rings is 2. The molecule has 0 spiro atoms. The van der Waals surface area contributed by atoms with Crippen LogP contribution < -0.4 is 4.90 Å². The lowest BCUT2D eigenvalue weighted by atomic mass is 10.2. The third kappa shape index (κ3) is 3.25. The number of aromatic nitrogens is 2. The maximum atomic E-state index is 12.5. The molecule has 7 heteroatoms. The number of nitrogens with zero attached hydrogens (tertiary/aromatic N) is 5. The highest BCUT2D eigenvalue weighted by Crippen LogP contribution is 2.19. The van der Waals surface area contributed by atoms with Crippen molar-refractivity contribution in [2.75, 3.05) is 31.1 Å². The van der Waals surface area contributed by atoms with Crippen LogP contribution in [0.5, 0.6) is 0 Å². The lowest BCUT2D eigenvalue weighted by Crippen LogP contribution is -2.49. The molecule has 0 aromatic carbocycles. The summed E-state index contributed by atoms with van der Waals surface area (Å²) in [6.45, 7) is 2.41. The van der Waals surface area contributed by atoms with Gasteiger partial charge in [-0.15, -0.1) is 0 Å². The first kappa shape index (κ1) is 15.3. The molecule has 0 saturated carbocycles. The number of anilines is 1. The van der Waals surface area contributed by atoms with Crippen molar-refractivity contribution in [2.24, 2.45) is 0 Å². The van der Waals surface area contributed by atoms with Crippen molar-refractivity contribution >= 4 is 23.3 Å². The number of rotatable bonds is 2. The van der Waals surface area contributed by atoms with Crippen LogP contribution in [0.4, 0.5) is 5.82 Å². The summed E-state index contributed by atoms with van der Waals surface area (Å²) in [5.41, 5.74) is 1.09. The Morgan fingerprint density at radius 1 is 1.17 bits per heavy atom. The van der Waals surface area contributed by atoms with Crippen molar-refractivity contribution < 1.29 is 4.79 Å².